The topological polar surface area (TPSA) is 183 Å². The Morgan fingerprint density at radius 3 is 2.09 bits per heavy atom. The predicted octanol–water partition coefficient (Wildman–Crippen LogP) is 0.444. The molecule has 0 aliphatic rings. The van der Waals surface area contributed by atoms with E-state index in [0.717, 1.165) is 17.0 Å². The van der Waals surface area contributed by atoms with Crippen LogP contribution in [0.15, 0.2) is 23.1 Å². The Labute approximate surface area is 190 Å². The van der Waals surface area contributed by atoms with E-state index in [1.807, 2.05) is 0 Å². The Hall–Kier alpha value is -3.94. The van der Waals surface area contributed by atoms with Crippen molar-refractivity contribution in [2.45, 2.75) is 18.2 Å². The van der Waals surface area contributed by atoms with Crippen LogP contribution in [0.25, 0.3) is 0 Å². The number of nitrogens with one attached hydrogen (secondary N) is 2. The molecule has 0 saturated heterocycles. The first kappa shape index (κ1) is 25.3. The van der Waals surface area contributed by atoms with Crippen molar-refractivity contribution in [3.8, 4) is 11.8 Å². The summed E-state index contributed by atoms with van der Waals surface area (Å²) in [4.78, 5) is 45.1. The standard InChI is InChI=1S/C19H24N6O7S/c1-6-13(26)21-10-7-11(17(20)27)16(18(28)25(2)3)12(8-10)33(29,30)24-19-22-14(31-4)9-15(23-19)32-5/h7-9H,6H2,1-5H3,(H2,20,27)(H,21,26)(H,22,23,24). The number of benzene rings is 1. The van der Waals surface area contributed by atoms with Gasteiger partial charge in [0.25, 0.3) is 15.9 Å². The molecule has 1 heterocycles. The van der Waals surface area contributed by atoms with E-state index in [2.05, 4.69) is 20.0 Å². The lowest BCUT2D eigenvalue weighted by Crippen LogP contribution is -2.30. The lowest BCUT2D eigenvalue weighted by molar-refractivity contribution is -0.115. The number of carbonyl (C=O) groups is 3. The van der Waals surface area contributed by atoms with E-state index in [0.29, 0.717) is 0 Å². The van der Waals surface area contributed by atoms with E-state index >= 15 is 0 Å². The molecule has 14 heteroatoms. The summed E-state index contributed by atoms with van der Waals surface area (Å²) in [6.45, 7) is 1.58. The lowest BCUT2D eigenvalue weighted by atomic mass is 10.0. The summed E-state index contributed by atoms with van der Waals surface area (Å²) in [5.74, 6) is -2.73. The highest BCUT2D eigenvalue weighted by molar-refractivity contribution is 7.92. The Balaban J connectivity index is 2.76. The number of ether oxygens (including phenoxy) is 2. The number of sulfonamides is 1. The van der Waals surface area contributed by atoms with Gasteiger partial charge in [-0.05, 0) is 12.1 Å². The molecule has 0 aliphatic heterocycles. The number of primary amides is 1. The van der Waals surface area contributed by atoms with Crippen LogP contribution in [0.4, 0.5) is 11.6 Å². The minimum Gasteiger partial charge on any atom is -0.481 e. The van der Waals surface area contributed by atoms with E-state index in [-0.39, 0.29) is 23.9 Å². The quantitative estimate of drug-likeness (QED) is 0.458. The maximum Gasteiger partial charge on any atom is 0.265 e. The first-order chi connectivity index (χ1) is 15.4. The van der Waals surface area contributed by atoms with Crippen LogP contribution in [0.5, 0.6) is 11.8 Å². The average Bonchev–Trinajstić information content (AvgIpc) is 2.76. The minimum absolute atomic E-state index is 0.00549. The molecule has 0 aliphatic carbocycles. The van der Waals surface area contributed by atoms with Crippen LogP contribution in [0, 0.1) is 0 Å². The summed E-state index contributed by atoms with van der Waals surface area (Å²) < 4.78 is 38.8. The molecule has 0 radical (unpaired) electrons. The highest BCUT2D eigenvalue weighted by Crippen LogP contribution is 2.28. The summed E-state index contributed by atoms with van der Waals surface area (Å²) in [5.41, 5.74) is 4.51. The third kappa shape index (κ3) is 5.85. The van der Waals surface area contributed by atoms with Crippen molar-refractivity contribution in [3.05, 3.63) is 29.3 Å². The van der Waals surface area contributed by atoms with E-state index in [9.17, 15) is 22.8 Å². The van der Waals surface area contributed by atoms with Crippen molar-refractivity contribution in [1.29, 1.82) is 0 Å². The molecule has 2 aromatic rings. The van der Waals surface area contributed by atoms with Gasteiger partial charge in [-0.15, -0.1) is 0 Å². The van der Waals surface area contributed by atoms with Gasteiger partial charge in [0.05, 0.1) is 31.4 Å². The van der Waals surface area contributed by atoms with Crippen molar-refractivity contribution in [2.75, 3.05) is 38.4 Å². The van der Waals surface area contributed by atoms with Gasteiger partial charge < -0.3 is 25.4 Å². The molecule has 0 fully saturated rings. The molecular formula is C19H24N6O7S. The number of hydrogen-bond donors (Lipinski definition) is 3. The lowest BCUT2D eigenvalue weighted by Gasteiger charge is -2.19. The number of rotatable bonds is 9. The van der Waals surface area contributed by atoms with Crippen molar-refractivity contribution >= 4 is 39.4 Å². The van der Waals surface area contributed by atoms with Crippen LogP contribution >= 0.6 is 0 Å². The fourth-order valence-corrected chi connectivity index (χ4v) is 3.81. The number of nitrogens with two attached hydrogens (primary N) is 1. The van der Waals surface area contributed by atoms with Crippen molar-refractivity contribution in [2.24, 2.45) is 5.73 Å². The van der Waals surface area contributed by atoms with Gasteiger partial charge in [0, 0.05) is 26.2 Å². The molecule has 4 N–H and O–H groups in total. The zero-order valence-electron chi connectivity index (χ0n) is 18.6. The highest BCUT2D eigenvalue weighted by Gasteiger charge is 2.30. The predicted molar refractivity (Wildman–Crippen MR) is 118 cm³/mol. The van der Waals surface area contributed by atoms with Gasteiger partial charge in [0.1, 0.15) is 4.90 Å². The van der Waals surface area contributed by atoms with E-state index in [1.54, 1.807) is 6.92 Å². The van der Waals surface area contributed by atoms with Crippen molar-refractivity contribution < 1.29 is 32.3 Å². The second-order valence-electron chi connectivity index (χ2n) is 6.74. The molecule has 0 spiro atoms. The summed E-state index contributed by atoms with van der Waals surface area (Å²) in [5, 5.41) is 2.46. The molecule has 0 bridgehead atoms. The number of hydrogen-bond acceptors (Lipinski definition) is 9. The molecular weight excluding hydrogens is 456 g/mol. The van der Waals surface area contributed by atoms with Crippen LogP contribution in [0.3, 0.4) is 0 Å². The maximum absolute atomic E-state index is 13.3. The Kier molecular flexibility index (Phi) is 7.76. The molecule has 1 aromatic heterocycles. The Morgan fingerprint density at radius 2 is 1.64 bits per heavy atom. The fourth-order valence-electron chi connectivity index (χ4n) is 2.62. The molecule has 0 atom stereocenters. The first-order valence-electron chi connectivity index (χ1n) is 9.42. The van der Waals surface area contributed by atoms with E-state index in [1.165, 1.54) is 34.4 Å². The summed E-state index contributed by atoms with van der Waals surface area (Å²) >= 11 is 0. The summed E-state index contributed by atoms with van der Waals surface area (Å²) in [7, 11) is 0.788. The van der Waals surface area contributed by atoms with Gasteiger partial charge in [-0.25, -0.2) is 13.1 Å². The molecule has 0 saturated carbocycles. The second kappa shape index (κ2) is 10.1. The SMILES string of the molecule is CCC(=O)Nc1cc(C(N)=O)c(C(=O)N(C)C)c(S(=O)(=O)Nc2nc(OC)cc(OC)n2)c1. The van der Waals surface area contributed by atoms with Crippen molar-refractivity contribution in [1.82, 2.24) is 14.9 Å². The number of amides is 3. The summed E-state index contributed by atoms with van der Waals surface area (Å²) in [6, 6.07) is 3.50. The largest absolute Gasteiger partial charge is 0.481 e. The zero-order chi connectivity index (χ0) is 24.9. The second-order valence-corrected chi connectivity index (χ2v) is 8.40. The number of methoxy groups -OCH3 is 2. The Bertz CT molecular complexity index is 1180. The number of anilines is 2. The van der Waals surface area contributed by atoms with E-state index < -0.39 is 49.7 Å². The van der Waals surface area contributed by atoms with Crippen LogP contribution in [-0.4, -0.2) is 69.3 Å². The summed E-state index contributed by atoms with van der Waals surface area (Å²) in [6.07, 6.45) is 0.0854. The molecule has 1 aromatic carbocycles. The van der Waals surface area contributed by atoms with Gasteiger partial charge in [0.15, 0.2) is 0 Å². The minimum atomic E-state index is -4.59. The number of nitrogens with zero attached hydrogens (tertiary/aromatic N) is 3. The van der Waals surface area contributed by atoms with Gasteiger partial charge in [-0.3, -0.25) is 14.4 Å². The van der Waals surface area contributed by atoms with Gasteiger partial charge in [-0.2, -0.15) is 9.97 Å². The van der Waals surface area contributed by atoms with Crippen LogP contribution in [0.2, 0.25) is 0 Å². The molecule has 0 unspecified atom stereocenters. The molecule has 33 heavy (non-hydrogen) atoms. The fraction of sp³-hybridized carbons (Fsp3) is 0.316. The molecule has 2 rings (SSSR count). The molecule has 13 nitrogen and oxygen atoms in total. The van der Waals surface area contributed by atoms with Crippen LogP contribution in [0.1, 0.15) is 34.1 Å². The van der Waals surface area contributed by atoms with E-state index in [4.69, 9.17) is 15.2 Å². The van der Waals surface area contributed by atoms with Gasteiger partial charge in [0.2, 0.25) is 29.5 Å². The first-order valence-corrected chi connectivity index (χ1v) is 10.9. The van der Waals surface area contributed by atoms with Gasteiger partial charge in [-0.1, -0.05) is 6.92 Å². The normalized spacial score (nSPS) is 10.8. The monoisotopic (exact) mass is 480 g/mol. The Morgan fingerprint density at radius 1 is 1.06 bits per heavy atom. The number of carbonyl (C=O) groups excluding carboxylic acids is 3. The molecule has 178 valence electrons. The maximum atomic E-state index is 13.3. The zero-order valence-corrected chi connectivity index (χ0v) is 19.4. The highest BCUT2D eigenvalue weighted by atomic mass is 32.2. The van der Waals surface area contributed by atoms with Crippen LogP contribution < -0.4 is 25.2 Å². The van der Waals surface area contributed by atoms with Gasteiger partial charge >= 0.3 is 0 Å². The molecule has 3 amide bonds. The third-order valence-electron chi connectivity index (χ3n) is 4.21. The van der Waals surface area contributed by atoms with Crippen LogP contribution in [-0.2, 0) is 14.8 Å². The smallest absolute Gasteiger partial charge is 0.265 e. The third-order valence-corrected chi connectivity index (χ3v) is 5.56. The van der Waals surface area contributed by atoms with Crippen molar-refractivity contribution in [3.63, 3.8) is 0 Å². The average molecular weight is 481 g/mol. The number of aromatic nitrogens is 2.